The van der Waals surface area contributed by atoms with Crippen LogP contribution in [0.5, 0.6) is 11.5 Å². The summed E-state index contributed by atoms with van der Waals surface area (Å²) in [6.07, 6.45) is 1.04. The van der Waals surface area contributed by atoms with Gasteiger partial charge in [0.05, 0.1) is 31.1 Å². The second kappa shape index (κ2) is 10.3. The fourth-order valence-electron chi connectivity index (χ4n) is 4.71. The van der Waals surface area contributed by atoms with Crippen molar-refractivity contribution in [1.29, 1.82) is 0 Å². The van der Waals surface area contributed by atoms with E-state index in [0.29, 0.717) is 23.8 Å². The van der Waals surface area contributed by atoms with E-state index in [-0.39, 0.29) is 11.8 Å². The Bertz CT molecular complexity index is 1250. The summed E-state index contributed by atoms with van der Waals surface area (Å²) < 4.78 is 12.4. The Morgan fingerprint density at radius 3 is 2.36 bits per heavy atom. The van der Waals surface area contributed by atoms with Gasteiger partial charge in [-0.3, -0.25) is 14.4 Å². The summed E-state index contributed by atoms with van der Waals surface area (Å²) in [6.45, 7) is 2.70. The molecule has 3 atom stereocenters. The van der Waals surface area contributed by atoms with Gasteiger partial charge in [-0.25, -0.2) is 9.96 Å². The Labute approximate surface area is 218 Å². The third-order valence-corrected chi connectivity index (χ3v) is 7.02. The maximum atomic E-state index is 13.8. The van der Waals surface area contributed by atoms with Crippen LogP contribution in [-0.4, -0.2) is 31.6 Å². The van der Waals surface area contributed by atoms with E-state index in [1.807, 2.05) is 48.5 Å². The zero-order valence-electron chi connectivity index (χ0n) is 20.1. The van der Waals surface area contributed by atoms with Gasteiger partial charge in [0.15, 0.2) is 17.6 Å². The van der Waals surface area contributed by atoms with Gasteiger partial charge in [0.25, 0.3) is 5.91 Å². The molecular formula is C28H27BrN2O5. The van der Waals surface area contributed by atoms with Crippen LogP contribution in [0.1, 0.15) is 31.4 Å². The highest BCUT2D eigenvalue weighted by Crippen LogP contribution is 2.48. The van der Waals surface area contributed by atoms with Crippen molar-refractivity contribution in [3.63, 3.8) is 0 Å². The summed E-state index contributed by atoms with van der Waals surface area (Å²) in [5, 5.41) is 1.68. The number of benzene rings is 3. The number of methoxy groups -OCH3 is 1. The number of anilines is 2. The number of rotatable bonds is 8. The van der Waals surface area contributed by atoms with Crippen molar-refractivity contribution in [3.8, 4) is 11.5 Å². The molecule has 0 N–H and O–H groups in total. The van der Waals surface area contributed by atoms with Crippen LogP contribution in [0.15, 0.2) is 77.3 Å². The molecule has 36 heavy (non-hydrogen) atoms. The van der Waals surface area contributed by atoms with Gasteiger partial charge in [-0.2, -0.15) is 0 Å². The molecule has 0 aromatic heterocycles. The highest BCUT2D eigenvalue weighted by atomic mass is 79.9. The molecule has 0 bridgehead atoms. The maximum absolute atomic E-state index is 13.8. The minimum atomic E-state index is -0.933. The lowest BCUT2D eigenvalue weighted by atomic mass is 9.90. The van der Waals surface area contributed by atoms with Crippen molar-refractivity contribution < 1.29 is 23.9 Å². The van der Waals surface area contributed by atoms with E-state index in [1.165, 1.54) is 4.90 Å². The van der Waals surface area contributed by atoms with Gasteiger partial charge in [-0.05, 0) is 60.5 Å². The van der Waals surface area contributed by atoms with Crippen molar-refractivity contribution in [2.75, 3.05) is 23.7 Å². The van der Waals surface area contributed by atoms with Gasteiger partial charge in [-0.1, -0.05) is 53.5 Å². The van der Waals surface area contributed by atoms with E-state index in [9.17, 15) is 9.59 Å². The normalized spacial score (nSPS) is 21.1. The average Bonchev–Trinajstić information content (AvgIpc) is 3.41. The van der Waals surface area contributed by atoms with Crippen LogP contribution in [0.25, 0.3) is 0 Å². The Morgan fingerprint density at radius 2 is 1.67 bits per heavy atom. The average molecular weight is 551 g/mol. The highest BCUT2D eigenvalue weighted by Gasteiger charge is 2.60. The standard InChI is InChI=1S/C28H27BrN2O5/c1-3-4-16-35-22-15-10-18(17-23(22)34-2)25-24-26(36-31(25)21-8-6-5-7-9-21)28(33)30(27(24)32)20-13-11-19(29)12-14-20/h5-15,17,24-26H,3-4,16H2,1-2H3/t24-,25+,26+/m1/s1. The molecule has 3 aromatic carbocycles. The van der Waals surface area contributed by atoms with Gasteiger partial charge in [0.2, 0.25) is 5.91 Å². The van der Waals surface area contributed by atoms with Crippen LogP contribution in [0.4, 0.5) is 11.4 Å². The zero-order valence-corrected chi connectivity index (χ0v) is 21.7. The van der Waals surface area contributed by atoms with Crippen molar-refractivity contribution >= 4 is 39.1 Å². The number of halogens is 1. The number of nitrogens with zero attached hydrogens (tertiary/aromatic N) is 2. The molecule has 186 valence electrons. The molecule has 0 aliphatic carbocycles. The van der Waals surface area contributed by atoms with Crippen LogP contribution in [0.2, 0.25) is 0 Å². The lowest BCUT2D eigenvalue weighted by Crippen LogP contribution is -2.37. The van der Waals surface area contributed by atoms with Gasteiger partial charge in [0, 0.05) is 4.47 Å². The number of para-hydroxylation sites is 1. The number of ether oxygens (including phenoxy) is 2. The minimum Gasteiger partial charge on any atom is -0.493 e. The highest BCUT2D eigenvalue weighted by molar-refractivity contribution is 9.10. The Balaban J connectivity index is 1.54. The fourth-order valence-corrected chi connectivity index (χ4v) is 4.98. The van der Waals surface area contributed by atoms with E-state index >= 15 is 0 Å². The van der Waals surface area contributed by atoms with Crippen LogP contribution in [0, 0.1) is 5.92 Å². The lowest BCUT2D eigenvalue weighted by Gasteiger charge is -2.29. The largest absolute Gasteiger partial charge is 0.493 e. The zero-order chi connectivity index (χ0) is 25.2. The number of carbonyl (C=O) groups excluding carboxylic acids is 2. The second-order valence-corrected chi connectivity index (χ2v) is 9.67. The predicted molar refractivity (Wildman–Crippen MR) is 140 cm³/mol. The van der Waals surface area contributed by atoms with Gasteiger partial charge < -0.3 is 9.47 Å². The molecule has 2 amide bonds. The Kier molecular flexibility index (Phi) is 6.98. The topological polar surface area (TPSA) is 68.3 Å². The SMILES string of the molecule is CCCCOc1ccc([C@H]2[C@H]3C(=O)N(c4ccc(Br)cc4)C(=O)[C@H]3ON2c2ccccc2)cc1OC. The van der Waals surface area contributed by atoms with E-state index in [2.05, 4.69) is 22.9 Å². The molecule has 2 aliphatic rings. The summed E-state index contributed by atoms with van der Waals surface area (Å²) >= 11 is 3.40. The lowest BCUT2D eigenvalue weighted by molar-refractivity contribution is -0.126. The summed E-state index contributed by atoms with van der Waals surface area (Å²) in [5.41, 5.74) is 2.08. The number of fused-ring (bicyclic) bond motifs is 1. The first-order valence-electron chi connectivity index (χ1n) is 12.0. The molecule has 2 heterocycles. The van der Waals surface area contributed by atoms with Crippen LogP contribution < -0.4 is 19.4 Å². The molecule has 7 nitrogen and oxygen atoms in total. The molecule has 5 rings (SSSR count). The first-order valence-corrected chi connectivity index (χ1v) is 12.8. The third-order valence-electron chi connectivity index (χ3n) is 6.50. The number of amides is 2. The van der Waals surface area contributed by atoms with E-state index in [4.69, 9.17) is 14.3 Å². The third kappa shape index (κ3) is 4.35. The summed E-state index contributed by atoms with van der Waals surface area (Å²) in [6, 6.07) is 21.7. The molecule has 2 saturated heterocycles. The number of carbonyl (C=O) groups is 2. The summed E-state index contributed by atoms with van der Waals surface area (Å²) in [5.74, 6) is -0.179. The molecule has 0 radical (unpaired) electrons. The van der Waals surface area contributed by atoms with Crippen LogP contribution >= 0.6 is 15.9 Å². The molecule has 8 heteroatoms. The number of hydroxylamine groups is 1. The minimum absolute atomic E-state index is 0.294. The number of hydrogen-bond acceptors (Lipinski definition) is 6. The van der Waals surface area contributed by atoms with Crippen molar-refractivity contribution in [2.45, 2.75) is 31.9 Å². The van der Waals surface area contributed by atoms with Gasteiger partial charge >= 0.3 is 0 Å². The molecule has 0 unspecified atom stereocenters. The van der Waals surface area contributed by atoms with Gasteiger partial charge in [0.1, 0.15) is 5.92 Å². The van der Waals surface area contributed by atoms with Crippen LogP contribution in [0.3, 0.4) is 0 Å². The number of imide groups is 1. The fraction of sp³-hybridized carbons (Fsp3) is 0.286. The molecule has 0 saturated carbocycles. The quantitative estimate of drug-likeness (QED) is 0.265. The van der Waals surface area contributed by atoms with Crippen molar-refractivity contribution in [3.05, 3.63) is 82.8 Å². The van der Waals surface area contributed by atoms with E-state index < -0.39 is 18.1 Å². The van der Waals surface area contributed by atoms with Crippen molar-refractivity contribution in [1.82, 2.24) is 0 Å². The van der Waals surface area contributed by atoms with E-state index in [1.54, 1.807) is 36.4 Å². The second-order valence-electron chi connectivity index (χ2n) is 8.76. The first kappa shape index (κ1) is 24.3. The van der Waals surface area contributed by atoms with E-state index in [0.717, 1.165) is 28.6 Å². The Morgan fingerprint density at radius 1 is 0.917 bits per heavy atom. The maximum Gasteiger partial charge on any atom is 0.266 e. The molecule has 2 fully saturated rings. The summed E-state index contributed by atoms with van der Waals surface area (Å²) in [4.78, 5) is 34.7. The smallest absolute Gasteiger partial charge is 0.266 e. The number of hydrogen-bond donors (Lipinski definition) is 0. The Hall–Kier alpha value is -3.36. The van der Waals surface area contributed by atoms with Gasteiger partial charge in [-0.15, -0.1) is 0 Å². The predicted octanol–water partition coefficient (Wildman–Crippen LogP) is 5.69. The van der Waals surface area contributed by atoms with Crippen LogP contribution in [-0.2, 0) is 14.4 Å². The number of unbranched alkanes of at least 4 members (excludes halogenated alkanes) is 1. The van der Waals surface area contributed by atoms with Crippen molar-refractivity contribution in [2.24, 2.45) is 5.92 Å². The first-order chi connectivity index (χ1) is 17.5. The molecule has 3 aromatic rings. The molecule has 0 spiro atoms. The summed E-state index contributed by atoms with van der Waals surface area (Å²) in [7, 11) is 1.59. The molecular weight excluding hydrogens is 524 g/mol. The molecule has 2 aliphatic heterocycles. The monoisotopic (exact) mass is 550 g/mol.